The Labute approximate surface area is 160 Å². The number of unbranched alkanes of at least 4 members (excludes halogenated alkanes) is 1. The minimum absolute atomic E-state index is 0.120. The lowest BCUT2D eigenvalue weighted by Gasteiger charge is -2.23. The maximum absolute atomic E-state index is 13.1. The summed E-state index contributed by atoms with van der Waals surface area (Å²) < 4.78 is 0. The lowest BCUT2D eigenvalue weighted by atomic mass is 10.1. The number of rotatable bonds is 8. The highest BCUT2D eigenvalue weighted by Crippen LogP contribution is 2.19. The normalized spacial score (nSPS) is 10.4. The highest BCUT2D eigenvalue weighted by Gasteiger charge is 2.19. The van der Waals surface area contributed by atoms with Crippen molar-refractivity contribution in [2.45, 2.75) is 26.3 Å². The second-order valence-corrected chi connectivity index (χ2v) is 6.29. The predicted molar refractivity (Wildman–Crippen MR) is 109 cm³/mol. The molecule has 1 amide bonds. The van der Waals surface area contributed by atoms with E-state index in [1.807, 2.05) is 60.7 Å². The van der Waals surface area contributed by atoms with Gasteiger partial charge in [0.25, 0.3) is 5.91 Å². The van der Waals surface area contributed by atoms with Gasteiger partial charge in [0.2, 0.25) is 5.95 Å². The molecule has 0 spiro atoms. The number of carbonyl (C=O) groups excluding carboxylic acids is 1. The van der Waals surface area contributed by atoms with Crippen LogP contribution in [0.5, 0.6) is 0 Å². The second kappa shape index (κ2) is 9.48. The fourth-order valence-corrected chi connectivity index (χ4v) is 2.72. The molecule has 0 unspecified atom stereocenters. The minimum Gasteiger partial charge on any atom is -0.354 e. The van der Waals surface area contributed by atoms with Crippen LogP contribution in [0.25, 0.3) is 0 Å². The molecule has 27 heavy (non-hydrogen) atoms. The topological polar surface area (TPSA) is 58.1 Å². The van der Waals surface area contributed by atoms with Crippen LogP contribution >= 0.6 is 0 Å². The quantitative estimate of drug-likeness (QED) is 0.599. The van der Waals surface area contributed by atoms with E-state index in [0.717, 1.165) is 30.6 Å². The van der Waals surface area contributed by atoms with Crippen molar-refractivity contribution in [3.63, 3.8) is 0 Å². The van der Waals surface area contributed by atoms with Crippen molar-refractivity contribution < 1.29 is 4.79 Å². The van der Waals surface area contributed by atoms with Crippen LogP contribution in [0.4, 0.5) is 11.6 Å². The first-order chi connectivity index (χ1) is 13.3. The Morgan fingerprint density at radius 2 is 1.59 bits per heavy atom. The van der Waals surface area contributed by atoms with Crippen molar-refractivity contribution in [3.05, 3.63) is 84.2 Å². The SMILES string of the molecule is CCCCNc1ncc(C(=O)N(Cc2ccccc2)c2ccccc2)cn1. The number of hydrogen-bond acceptors (Lipinski definition) is 4. The highest BCUT2D eigenvalue weighted by atomic mass is 16.2. The van der Waals surface area contributed by atoms with Gasteiger partial charge in [-0.2, -0.15) is 0 Å². The molecule has 0 saturated carbocycles. The van der Waals surface area contributed by atoms with E-state index in [-0.39, 0.29) is 5.91 Å². The first-order valence-electron chi connectivity index (χ1n) is 9.24. The van der Waals surface area contributed by atoms with Crippen molar-refractivity contribution in [3.8, 4) is 0 Å². The Morgan fingerprint density at radius 3 is 2.22 bits per heavy atom. The number of nitrogens with one attached hydrogen (secondary N) is 1. The van der Waals surface area contributed by atoms with Crippen LogP contribution in [0.1, 0.15) is 35.7 Å². The molecule has 0 fully saturated rings. The average Bonchev–Trinajstić information content (AvgIpc) is 2.74. The number of benzene rings is 2. The van der Waals surface area contributed by atoms with Crippen molar-refractivity contribution in [1.29, 1.82) is 0 Å². The lowest BCUT2D eigenvalue weighted by molar-refractivity contribution is 0.0984. The average molecular weight is 360 g/mol. The van der Waals surface area contributed by atoms with Gasteiger partial charge in [-0.05, 0) is 24.1 Å². The zero-order valence-electron chi connectivity index (χ0n) is 15.5. The molecule has 0 bridgehead atoms. The molecular weight excluding hydrogens is 336 g/mol. The van der Waals surface area contributed by atoms with E-state index in [1.165, 1.54) is 0 Å². The van der Waals surface area contributed by atoms with E-state index in [1.54, 1.807) is 17.3 Å². The number of para-hydroxylation sites is 1. The second-order valence-electron chi connectivity index (χ2n) is 6.29. The number of carbonyl (C=O) groups is 1. The number of hydrogen-bond donors (Lipinski definition) is 1. The maximum atomic E-state index is 13.1. The summed E-state index contributed by atoms with van der Waals surface area (Å²) in [4.78, 5) is 23.5. The molecule has 3 rings (SSSR count). The largest absolute Gasteiger partial charge is 0.354 e. The van der Waals surface area contributed by atoms with Gasteiger partial charge >= 0.3 is 0 Å². The molecule has 5 heteroatoms. The molecule has 2 aromatic carbocycles. The van der Waals surface area contributed by atoms with Gasteiger partial charge in [-0.15, -0.1) is 0 Å². The molecule has 1 heterocycles. The molecule has 1 aromatic heterocycles. The molecule has 0 aliphatic rings. The Balaban J connectivity index is 1.80. The standard InChI is InChI=1S/C22H24N4O/c1-2-3-14-23-22-24-15-19(16-25-22)21(27)26(20-12-8-5-9-13-20)17-18-10-6-4-7-11-18/h4-13,15-16H,2-3,14,17H2,1H3,(H,23,24,25). The summed E-state index contributed by atoms with van der Waals surface area (Å²) >= 11 is 0. The van der Waals surface area contributed by atoms with Crippen molar-refractivity contribution in [1.82, 2.24) is 9.97 Å². The minimum atomic E-state index is -0.120. The van der Waals surface area contributed by atoms with Crippen LogP contribution in [-0.2, 0) is 6.54 Å². The summed E-state index contributed by atoms with van der Waals surface area (Å²) in [6, 6.07) is 19.6. The van der Waals surface area contributed by atoms with Crippen LogP contribution in [0.15, 0.2) is 73.1 Å². The van der Waals surface area contributed by atoms with Gasteiger partial charge in [0.1, 0.15) is 0 Å². The van der Waals surface area contributed by atoms with E-state index < -0.39 is 0 Å². The Morgan fingerprint density at radius 1 is 0.963 bits per heavy atom. The van der Waals surface area contributed by atoms with Crippen molar-refractivity contribution in [2.75, 3.05) is 16.8 Å². The molecule has 5 nitrogen and oxygen atoms in total. The van der Waals surface area contributed by atoms with Gasteiger partial charge < -0.3 is 10.2 Å². The number of amides is 1. The van der Waals surface area contributed by atoms with Crippen LogP contribution < -0.4 is 10.2 Å². The first kappa shape index (κ1) is 18.6. The maximum Gasteiger partial charge on any atom is 0.261 e. The Hall–Kier alpha value is -3.21. The predicted octanol–water partition coefficient (Wildman–Crippen LogP) is 4.54. The van der Waals surface area contributed by atoms with Gasteiger partial charge in [0.15, 0.2) is 0 Å². The molecule has 0 atom stereocenters. The fourth-order valence-electron chi connectivity index (χ4n) is 2.72. The van der Waals surface area contributed by atoms with E-state index in [2.05, 4.69) is 22.2 Å². The highest BCUT2D eigenvalue weighted by molar-refractivity contribution is 6.05. The van der Waals surface area contributed by atoms with E-state index in [9.17, 15) is 4.79 Å². The zero-order valence-corrected chi connectivity index (χ0v) is 15.5. The molecule has 0 radical (unpaired) electrons. The third kappa shape index (κ3) is 5.14. The summed E-state index contributed by atoms with van der Waals surface area (Å²) in [6.07, 6.45) is 5.34. The summed E-state index contributed by atoms with van der Waals surface area (Å²) in [7, 11) is 0. The number of aromatic nitrogens is 2. The molecule has 0 aliphatic carbocycles. The third-order valence-electron chi connectivity index (χ3n) is 4.21. The van der Waals surface area contributed by atoms with E-state index in [0.29, 0.717) is 18.1 Å². The van der Waals surface area contributed by atoms with Crippen LogP contribution in [0, 0.1) is 0 Å². The fraction of sp³-hybridized carbons (Fsp3) is 0.227. The van der Waals surface area contributed by atoms with Crippen LogP contribution in [0.3, 0.4) is 0 Å². The number of nitrogens with zero attached hydrogens (tertiary/aromatic N) is 3. The van der Waals surface area contributed by atoms with Crippen LogP contribution in [-0.4, -0.2) is 22.4 Å². The molecule has 3 aromatic rings. The van der Waals surface area contributed by atoms with Gasteiger partial charge in [0.05, 0.1) is 12.1 Å². The summed E-state index contributed by atoms with van der Waals surface area (Å²) in [5, 5.41) is 3.17. The third-order valence-corrected chi connectivity index (χ3v) is 4.21. The molecular formula is C22H24N4O. The monoisotopic (exact) mass is 360 g/mol. The van der Waals surface area contributed by atoms with Gasteiger partial charge in [-0.3, -0.25) is 4.79 Å². The Bertz CT molecular complexity index is 835. The molecule has 138 valence electrons. The molecule has 0 aliphatic heterocycles. The zero-order chi connectivity index (χ0) is 18.9. The smallest absolute Gasteiger partial charge is 0.261 e. The summed E-state index contributed by atoms with van der Waals surface area (Å²) in [5.74, 6) is 0.430. The van der Waals surface area contributed by atoms with E-state index >= 15 is 0 Å². The first-order valence-corrected chi connectivity index (χ1v) is 9.24. The Kier molecular flexibility index (Phi) is 6.52. The molecule has 1 N–H and O–H groups in total. The van der Waals surface area contributed by atoms with Crippen molar-refractivity contribution in [2.24, 2.45) is 0 Å². The summed E-state index contributed by atoms with van der Waals surface area (Å²) in [6.45, 7) is 3.45. The van der Waals surface area contributed by atoms with Gasteiger partial charge in [-0.25, -0.2) is 9.97 Å². The number of anilines is 2. The van der Waals surface area contributed by atoms with Gasteiger partial charge in [-0.1, -0.05) is 61.9 Å². The van der Waals surface area contributed by atoms with Crippen LogP contribution in [0.2, 0.25) is 0 Å². The van der Waals surface area contributed by atoms with Crippen molar-refractivity contribution >= 4 is 17.5 Å². The molecule has 0 saturated heterocycles. The summed E-state index contributed by atoms with van der Waals surface area (Å²) in [5.41, 5.74) is 2.38. The lowest BCUT2D eigenvalue weighted by Crippen LogP contribution is -2.30. The van der Waals surface area contributed by atoms with E-state index in [4.69, 9.17) is 0 Å². The van der Waals surface area contributed by atoms with Gasteiger partial charge in [0, 0.05) is 24.6 Å².